The van der Waals surface area contributed by atoms with Gasteiger partial charge < -0.3 is 15.6 Å². The molecule has 1 aromatic heterocycles. The monoisotopic (exact) mass is 292 g/mol. The molecule has 0 aliphatic carbocycles. The summed E-state index contributed by atoms with van der Waals surface area (Å²) < 4.78 is 15.3. The molecular weight excluding hydrogens is 271 g/mol. The summed E-state index contributed by atoms with van der Waals surface area (Å²) in [4.78, 5) is 16.0. The molecule has 0 saturated heterocycles. The Morgan fingerprint density at radius 1 is 1.52 bits per heavy atom. The normalized spacial score (nSPS) is 12.6. The van der Waals surface area contributed by atoms with Crippen LogP contribution in [0.15, 0.2) is 12.1 Å². The highest BCUT2D eigenvalue weighted by molar-refractivity contribution is 5.80. The first-order valence-electron chi connectivity index (χ1n) is 7.13. The Morgan fingerprint density at radius 2 is 2.24 bits per heavy atom. The average Bonchev–Trinajstić information content (AvgIpc) is 2.72. The van der Waals surface area contributed by atoms with Crippen LogP contribution >= 0.6 is 0 Å². The van der Waals surface area contributed by atoms with Crippen molar-refractivity contribution in [2.24, 2.45) is 0 Å². The number of nitrogens with two attached hydrogens (primary N) is 1. The third-order valence-corrected chi connectivity index (χ3v) is 3.64. The summed E-state index contributed by atoms with van der Waals surface area (Å²) in [5.41, 5.74) is 7.66. The number of anilines is 1. The van der Waals surface area contributed by atoms with E-state index in [9.17, 15) is 9.18 Å². The van der Waals surface area contributed by atoms with Crippen molar-refractivity contribution in [2.75, 3.05) is 5.73 Å². The summed E-state index contributed by atoms with van der Waals surface area (Å²) in [6, 6.07) is 3.24. The molecule has 0 saturated carbocycles. The summed E-state index contributed by atoms with van der Waals surface area (Å²) >= 11 is 0. The molecule has 0 bridgehead atoms. The third kappa shape index (κ3) is 3.32. The van der Waals surface area contributed by atoms with Crippen LogP contribution in [0, 0.1) is 12.7 Å². The molecule has 1 aromatic carbocycles. The number of hydrogen-bond acceptors (Lipinski definition) is 3. The maximum atomic E-state index is 13.5. The lowest BCUT2D eigenvalue weighted by molar-refractivity contribution is -0.121. The number of fused-ring (bicyclic) bond motifs is 1. The van der Waals surface area contributed by atoms with Crippen molar-refractivity contribution in [1.29, 1.82) is 0 Å². The molecule has 0 radical (unpaired) electrons. The van der Waals surface area contributed by atoms with E-state index in [-0.39, 0.29) is 17.8 Å². The Labute approximate surface area is 123 Å². The molecule has 1 atom stereocenters. The van der Waals surface area contributed by atoms with E-state index in [1.165, 1.54) is 6.07 Å². The molecule has 1 unspecified atom stereocenters. The molecule has 0 aliphatic rings. The van der Waals surface area contributed by atoms with Crippen LogP contribution < -0.4 is 11.1 Å². The molecule has 0 aliphatic heterocycles. The molecule has 3 N–H and O–H groups in total. The van der Waals surface area contributed by atoms with Crippen LogP contribution in [-0.4, -0.2) is 21.5 Å². The van der Waals surface area contributed by atoms with Crippen molar-refractivity contribution in [1.82, 2.24) is 14.9 Å². The fourth-order valence-electron chi connectivity index (χ4n) is 2.17. The Morgan fingerprint density at radius 3 is 2.90 bits per heavy atom. The number of rotatable bonds is 5. The standard InChI is InChI=1S/C15H21FN4O/c1-4-10(3)18-14(21)5-6-20-13-7-9(2)11(16)8-12(13)19-15(20)17/h7-8,10H,4-6H2,1-3H3,(H2,17,19)(H,18,21). The number of halogens is 1. The van der Waals surface area contributed by atoms with Gasteiger partial charge in [-0.2, -0.15) is 0 Å². The SMILES string of the molecule is CCC(C)NC(=O)CCn1c(N)nc2cc(F)c(C)cc21. The topological polar surface area (TPSA) is 72.9 Å². The number of carbonyl (C=O) groups excluding carboxylic acids is 1. The minimum Gasteiger partial charge on any atom is -0.369 e. The van der Waals surface area contributed by atoms with Crippen molar-refractivity contribution in [3.63, 3.8) is 0 Å². The maximum absolute atomic E-state index is 13.5. The molecule has 1 heterocycles. The van der Waals surface area contributed by atoms with E-state index >= 15 is 0 Å². The van der Waals surface area contributed by atoms with Gasteiger partial charge in [0.15, 0.2) is 0 Å². The van der Waals surface area contributed by atoms with Crippen LogP contribution in [0.25, 0.3) is 11.0 Å². The van der Waals surface area contributed by atoms with E-state index in [1.807, 2.05) is 13.8 Å². The quantitative estimate of drug-likeness (QED) is 0.888. The fraction of sp³-hybridized carbons (Fsp3) is 0.467. The number of nitrogens with one attached hydrogen (secondary N) is 1. The fourth-order valence-corrected chi connectivity index (χ4v) is 2.17. The van der Waals surface area contributed by atoms with Crippen LogP contribution in [0.3, 0.4) is 0 Å². The number of amides is 1. The minimum absolute atomic E-state index is 0.0237. The van der Waals surface area contributed by atoms with Gasteiger partial charge in [-0.05, 0) is 31.9 Å². The van der Waals surface area contributed by atoms with E-state index < -0.39 is 0 Å². The third-order valence-electron chi connectivity index (χ3n) is 3.64. The number of benzene rings is 1. The Balaban J connectivity index is 2.17. The molecule has 6 heteroatoms. The van der Waals surface area contributed by atoms with Crippen molar-refractivity contribution in [2.45, 2.75) is 46.2 Å². The number of imidazole rings is 1. The molecule has 1 amide bonds. The molecule has 2 aromatic rings. The zero-order chi connectivity index (χ0) is 15.6. The first kappa shape index (κ1) is 15.3. The number of hydrogen-bond donors (Lipinski definition) is 2. The Hall–Kier alpha value is -2.11. The number of nitrogen functional groups attached to an aromatic ring is 1. The first-order chi connectivity index (χ1) is 9.92. The number of aromatic nitrogens is 2. The van der Waals surface area contributed by atoms with Gasteiger partial charge in [0.1, 0.15) is 5.82 Å². The van der Waals surface area contributed by atoms with Gasteiger partial charge in [-0.1, -0.05) is 6.92 Å². The summed E-state index contributed by atoms with van der Waals surface area (Å²) in [5.74, 6) is -0.0302. The van der Waals surface area contributed by atoms with Gasteiger partial charge in [-0.3, -0.25) is 4.79 Å². The van der Waals surface area contributed by atoms with E-state index in [1.54, 1.807) is 17.6 Å². The van der Waals surface area contributed by atoms with Crippen molar-refractivity contribution < 1.29 is 9.18 Å². The lowest BCUT2D eigenvalue weighted by Crippen LogP contribution is -2.32. The summed E-state index contributed by atoms with van der Waals surface area (Å²) in [5, 5.41) is 2.91. The van der Waals surface area contributed by atoms with Crippen LogP contribution in [0.1, 0.15) is 32.3 Å². The van der Waals surface area contributed by atoms with E-state index in [0.29, 0.717) is 30.0 Å². The second-order valence-electron chi connectivity index (χ2n) is 5.34. The molecule has 0 spiro atoms. The summed E-state index contributed by atoms with van der Waals surface area (Å²) in [6.07, 6.45) is 1.21. The van der Waals surface area contributed by atoms with Gasteiger partial charge in [0.2, 0.25) is 11.9 Å². The molecule has 0 fully saturated rings. The number of carbonyl (C=O) groups is 1. The van der Waals surface area contributed by atoms with Crippen molar-refractivity contribution in [3.05, 3.63) is 23.5 Å². The van der Waals surface area contributed by atoms with Crippen LogP contribution in [0.2, 0.25) is 0 Å². The maximum Gasteiger partial charge on any atom is 0.222 e. The number of aryl methyl sites for hydroxylation is 2. The van der Waals surface area contributed by atoms with Gasteiger partial charge >= 0.3 is 0 Å². The van der Waals surface area contributed by atoms with Gasteiger partial charge in [-0.25, -0.2) is 9.37 Å². The van der Waals surface area contributed by atoms with Gasteiger partial charge in [-0.15, -0.1) is 0 Å². The lowest BCUT2D eigenvalue weighted by atomic mass is 10.2. The highest BCUT2D eigenvalue weighted by atomic mass is 19.1. The predicted molar refractivity (Wildman–Crippen MR) is 81.4 cm³/mol. The zero-order valence-corrected chi connectivity index (χ0v) is 12.6. The van der Waals surface area contributed by atoms with Crippen LogP contribution in [0.5, 0.6) is 0 Å². The summed E-state index contributed by atoms with van der Waals surface area (Å²) in [6.45, 7) is 6.10. The molecule has 21 heavy (non-hydrogen) atoms. The van der Waals surface area contributed by atoms with E-state index in [0.717, 1.165) is 11.9 Å². The van der Waals surface area contributed by atoms with Crippen molar-refractivity contribution >= 4 is 22.9 Å². The zero-order valence-electron chi connectivity index (χ0n) is 12.6. The van der Waals surface area contributed by atoms with E-state index in [4.69, 9.17) is 5.73 Å². The van der Waals surface area contributed by atoms with Gasteiger partial charge in [0.25, 0.3) is 0 Å². The van der Waals surface area contributed by atoms with Crippen LogP contribution in [-0.2, 0) is 11.3 Å². The largest absolute Gasteiger partial charge is 0.369 e. The Bertz CT molecular complexity index is 665. The van der Waals surface area contributed by atoms with E-state index in [2.05, 4.69) is 10.3 Å². The van der Waals surface area contributed by atoms with Crippen LogP contribution in [0.4, 0.5) is 10.3 Å². The highest BCUT2D eigenvalue weighted by Crippen LogP contribution is 2.21. The second kappa shape index (κ2) is 6.11. The first-order valence-corrected chi connectivity index (χ1v) is 7.13. The van der Waals surface area contributed by atoms with Gasteiger partial charge in [0, 0.05) is 25.1 Å². The molecule has 2 rings (SSSR count). The van der Waals surface area contributed by atoms with Crippen molar-refractivity contribution in [3.8, 4) is 0 Å². The molecule has 114 valence electrons. The second-order valence-corrected chi connectivity index (χ2v) is 5.34. The number of nitrogens with zero attached hydrogens (tertiary/aromatic N) is 2. The predicted octanol–water partition coefficient (Wildman–Crippen LogP) is 2.37. The van der Waals surface area contributed by atoms with Gasteiger partial charge in [0.05, 0.1) is 11.0 Å². The smallest absolute Gasteiger partial charge is 0.222 e. The summed E-state index contributed by atoms with van der Waals surface area (Å²) in [7, 11) is 0. The molecule has 5 nitrogen and oxygen atoms in total. The Kier molecular flexibility index (Phi) is 4.45. The molecular formula is C15H21FN4O. The minimum atomic E-state index is -0.304. The average molecular weight is 292 g/mol. The lowest BCUT2D eigenvalue weighted by Gasteiger charge is -2.12. The highest BCUT2D eigenvalue weighted by Gasteiger charge is 2.13.